The topological polar surface area (TPSA) is 77.5 Å². The number of methoxy groups -OCH3 is 1. The number of esters is 1. The Morgan fingerprint density at radius 3 is 2.59 bits per heavy atom. The average molecular weight is 410 g/mol. The maximum absolute atomic E-state index is 12.4. The fourth-order valence-electron chi connectivity index (χ4n) is 2.69. The molecule has 7 heteroatoms. The standard InChI is InChI=1S/C22H22N2O4S/c1-4-15-8-10-16(11-9-15)21-23-14(2)20(29-21)22(26)28-13-19(25)24-17-6-5-7-18(12-17)27-3/h5-12H,4,13H2,1-3H3,(H,24,25). The SMILES string of the molecule is CCc1ccc(-c2nc(C)c(C(=O)OCC(=O)Nc3cccc(OC)c3)s2)cc1. The van der Waals surface area contributed by atoms with E-state index in [1.54, 1.807) is 38.3 Å². The average Bonchev–Trinajstić information content (AvgIpc) is 3.14. The molecule has 0 aliphatic carbocycles. The van der Waals surface area contributed by atoms with Crippen molar-refractivity contribution in [2.24, 2.45) is 0 Å². The zero-order valence-electron chi connectivity index (χ0n) is 16.5. The number of hydrogen-bond acceptors (Lipinski definition) is 6. The van der Waals surface area contributed by atoms with Crippen molar-refractivity contribution >= 4 is 28.9 Å². The lowest BCUT2D eigenvalue weighted by molar-refractivity contribution is -0.119. The van der Waals surface area contributed by atoms with Gasteiger partial charge in [-0.15, -0.1) is 11.3 Å². The van der Waals surface area contributed by atoms with Crippen molar-refractivity contribution in [1.29, 1.82) is 0 Å². The third kappa shape index (κ3) is 5.20. The Morgan fingerprint density at radius 2 is 1.90 bits per heavy atom. The fourth-order valence-corrected chi connectivity index (χ4v) is 3.65. The van der Waals surface area contributed by atoms with Gasteiger partial charge in [0.2, 0.25) is 0 Å². The van der Waals surface area contributed by atoms with Gasteiger partial charge in [0, 0.05) is 17.3 Å². The molecule has 1 aromatic heterocycles. The number of carbonyl (C=O) groups is 2. The predicted molar refractivity (Wildman–Crippen MR) is 114 cm³/mol. The molecule has 150 valence electrons. The number of rotatable bonds is 7. The van der Waals surface area contributed by atoms with E-state index in [2.05, 4.69) is 17.2 Å². The first kappa shape index (κ1) is 20.5. The smallest absolute Gasteiger partial charge is 0.350 e. The molecular formula is C22H22N2O4S. The number of carbonyl (C=O) groups excluding carboxylic acids is 2. The highest BCUT2D eigenvalue weighted by Gasteiger charge is 2.19. The summed E-state index contributed by atoms with van der Waals surface area (Å²) in [5.74, 6) is -0.360. The van der Waals surface area contributed by atoms with Crippen molar-refractivity contribution < 1.29 is 19.1 Å². The Labute approximate surface area is 173 Å². The van der Waals surface area contributed by atoms with Crippen LogP contribution in [0.1, 0.15) is 27.9 Å². The van der Waals surface area contributed by atoms with Gasteiger partial charge in [-0.25, -0.2) is 9.78 Å². The maximum Gasteiger partial charge on any atom is 0.350 e. The molecule has 0 aliphatic heterocycles. The highest BCUT2D eigenvalue weighted by atomic mass is 32.1. The summed E-state index contributed by atoms with van der Waals surface area (Å²) in [5.41, 5.74) is 3.34. The number of thiazole rings is 1. The van der Waals surface area contributed by atoms with Crippen LogP contribution in [0.5, 0.6) is 5.75 Å². The molecule has 1 amide bonds. The Hall–Kier alpha value is -3.19. The first-order chi connectivity index (χ1) is 14.0. The lowest BCUT2D eigenvalue weighted by Gasteiger charge is -2.07. The van der Waals surface area contributed by atoms with E-state index < -0.39 is 11.9 Å². The molecule has 1 N–H and O–H groups in total. The van der Waals surface area contributed by atoms with Gasteiger partial charge in [0.1, 0.15) is 15.6 Å². The Kier molecular flexibility index (Phi) is 6.61. The van der Waals surface area contributed by atoms with Crippen LogP contribution in [0.15, 0.2) is 48.5 Å². The van der Waals surface area contributed by atoms with Crippen LogP contribution in [-0.2, 0) is 16.0 Å². The number of anilines is 1. The zero-order chi connectivity index (χ0) is 20.8. The van der Waals surface area contributed by atoms with Gasteiger partial charge in [-0.3, -0.25) is 4.79 Å². The maximum atomic E-state index is 12.4. The van der Waals surface area contributed by atoms with E-state index in [1.165, 1.54) is 16.9 Å². The van der Waals surface area contributed by atoms with Gasteiger partial charge < -0.3 is 14.8 Å². The lowest BCUT2D eigenvalue weighted by atomic mass is 10.1. The summed E-state index contributed by atoms with van der Waals surface area (Å²) in [6.45, 7) is 3.47. The minimum atomic E-state index is -0.558. The van der Waals surface area contributed by atoms with Crippen LogP contribution in [0.3, 0.4) is 0 Å². The van der Waals surface area contributed by atoms with Crippen molar-refractivity contribution in [3.05, 3.63) is 64.7 Å². The van der Waals surface area contributed by atoms with Gasteiger partial charge in [-0.1, -0.05) is 37.3 Å². The molecule has 0 bridgehead atoms. The molecule has 2 aromatic carbocycles. The molecule has 29 heavy (non-hydrogen) atoms. The second kappa shape index (κ2) is 9.34. The molecule has 0 fully saturated rings. The van der Waals surface area contributed by atoms with E-state index in [1.807, 2.05) is 24.3 Å². The van der Waals surface area contributed by atoms with E-state index in [-0.39, 0.29) is 6.61 Å². The number of nitrogens with one attached hydrogen (secondary N) is 1. The normalized spacial score (nSPS) is 10.4. The summed E-state index contributed by atoms with van der Waals surface area (Å²) < 4.78 is 10.3. The summed E-state index contributed by atoms with van der Waals surface area (Å²) in [7, 11) is 1.55. The van der Waals surface area contributed by atoms with E-state index >= 15 is 0 Å². The summed E-state index contributed by atoms with van der Waals surface area (Å²) in [4.78, 5) is 29.4. The van der Waals surface area contributed by atoms with E-state index in [4.69, 9.17) is 9.47 Å². The molecule has 0 aliphatic rings. The number of nitrogens with zero attached hydrogens (tertiary/aromatic N) is 1. The van der Waals surface area contributed by atoms with Gasteiger partial charge in [0.15, 0.2) is 6.61 Å². The highest BCUT2D eigenvalue weighted by molar-refractivity contribution is 7.17. The van der Waals surface area contributed by atoms with Crippen LogP contribution in [0, 0.1) is 6.92 Å². The largest absolute Gasteiger partial charge is 0.497 e. The molecule has 3 aromatic rings. The lowest BCUT2D eigenvalue weighted by Crippen LogP contribution is -2.20. The van der Waals surface area contributed by atoms with Crippen molar-refractivity contribution in [2.75, 3.05) is 19.0 Å². The quantitative estimate of drug-likeness (QED) is 0.581. The van der Waals surface area contributed by atoms with Crippen molar-refractivity contribution in [1.82, 2.24) is 4.98 Å². The van der Waals surface area contributed by atoms with E-state index in [0.29, 0.717) is 22.0 Å². The summed E-state index contributed by atoms with van der Waals surface area (Å²) in [5, 5.41) is 3.42. The monoisotopic (exact) mass is 410 g/mol. The number of aromatic nitrogens is 1. The van der Waals surface area contributed by atoms with Crippen LogP contribution < -0.4 is 10.1 Å². The van der Waals surface area contributed by atoms with Crippen LogP contribution in [0.2, 0.25) is 0 Å². The van der Waals surface area contributed by atoms with Gasteiger partial charge in [0.25, 0.3) is 5.91 Å². The van der Waals surface area contributed by atoms with Gasteiger partial charge in [-0.05, 0) is 31.0 Å². The van der Waals surface area contributed by atoms with Crippen LogP contribution in [-0.4, -0.2) is 30.6 Å². The molecule has 0 saturated heterocycles. The summed E-state index contributed by atoms with van der Waals surface area (Å²) in [6, 6.07) is 15.0. The second-order valence-electron chi connectivity index (χ2n) is 6.34. The molecule has 6 nitrogen and oxygen atoms in total. The minimum Gasteiger partial charge on any atom is -0.497 e. The third-order valence-electron chi connectivity index (χ3n) is 4.28. The zero-order valence-corrected chi connectivity index (χ0v) is 17.3. The van der Waals surface area contributed by atoms with Gasteiger partial charge in [-0.2, -0.15) is 0 Å². The number of hydrogen-bond donors (Lipinski definition) is 1. The second-order valence-corrected chi connectivity index (χ2v) is 7.34. The van der Waals surface area contributed by atoms with E-state index in [9.17, 15) is 9.59 Å². The Bertz CT molecular complexity index is 1010. The van der Waals surface area contributed by atoms with Gasteiger partial charge >= 0.3 is 5.97 Å². The molecule has 1 heterocycles. The first-order valence-corrected chi connectivity index (χ1v) is 9.99. The highest BCUT2D eigenvalue weighted by Crippen LogP contribution is 2.28. The first-order valence-electron chi connectivity index (χ1n) is 9.18. The van der Waals surface area contributed by atoms with Crippen molar-refractivity contribution in [3.63, 3.8) is 0 Å². The number of amides is 1. The molecule has 0 radical (unpaired) electrons. The van der Waals surface area contributed by atoms with Gasteiger partial charge in [0.05, 0.1) is 12.8 Å². The molecule has 0 saturated carbocycles. The summed E-state index contributed by atoms with van der Waals surface area (Å²) >= 11 is 1.26. The molecule has 0 spiro atoms. The Balaban J connectivity index is 1.61. The third-order valence-corrected chi connectivity index (χ3v) is 5.47. The minimum absolute atomic E-state index is 0.381. The molecule has 3 rings (SSSR count). The molecule has 0 unspecified atom stereocenters. The molecule has 0 atom stereocenters. The Morgan fingerprint density at radius 1 is 1.14 bits per heavy atom. The number of benzene rings is 2. The number of ether oxygens (including phenoxy) is 2. The number of aryl methyl sites for hydroxylation is 2. The van der Waals surface area contributed by atoms with Crippen LogP contribution >= 0.6 is 11.3 Å². The fraction of sp³-hybridized carbons (Fsp3) is 0.227. The summed E-state index contributed by atoms with van der Waals surface area (Å²) in [6.07, 6.45) is 0.965. The van der Waals surface area contributed by atoms with Crippen molar-refractivity contribution in [2.45, 2.75) is 20.3 Å². The van der Waals surface area contributed by atoms with Crippen LogP contribution in [0.4, 0.5) is 5.69 Å². The van der Waals surface area contributed by atoms with Crippen LogP contribution in [0.25, 0.3) is 10.6 Å². The molecular weight excluding hydrogens is 388 g/mol. The van der Waals surface area contributed by atoms with Crippen molar-refractivity contribution in [3.8, 4) is 16.3 Å². The van der Waals surface area contributed by atoms with E-state index in [0.717, 1.165) is 17.0 Å². The predicted octanol–water partition coefficient (Wildman–Crippen LogP) is 4.49.